The molecule has 0 aliphatic carbocycles. The Morgan fingerprint density at radius 2 is 2.14 bits per heavy atom. The molecule has 0 radical (unpaired) electrons. The molecule has 4 rings (SSSR count). The minimum atomic E-state index is -0.0608. The van der Waals surface area contributed by atoms with Crippen molar-refractivity contribution in [1.82, 2.24) is 20.2 Å². The van der Waals surface area contributed by atoms with Gasteiger partial charge in [0.1, 0.15) is 5.52 Å². The summed E-state index contributed by atoms with van der Waals surface area (Å²) in [5, 5.41) is 23.9. The Morgan fingerprint density at radius 1 is 1.29 bits per heavy atom. The quantitative estimate of drug-likeness (QED) is 0.349. The zero-order valence-electron chi connectivity index (χ0n) is 15.2. The van der Waals surface area contributed by atoms with Crippen molar-refractivity contribution in [1.29, 1.82) is 0 Å². The topological polar surface area (TPSA) is 108 Å². The highest BCUT2D eigenvalue weighted by Crippen LogP contribution is 2.32. The Balaban J connectivity index is 1.61. The van der Waals surface area contributed by atoms with Crippen LogP contribution in [0.2, 0.25) is 5.02 Å². The molecule has 28 heavy (non-hydrogen) atoms. The van der Waals surface area contributed by atoms with Gasteiger partial charge in [0.05, 0.1) is 13.3 Å². The van der Waals surface area contributed by atoms with E-state index in [0.717, 1.165) is 17.3 Å². The second-order valence-corrected chi connectivity index (χ2v) is 6.54. The van der Waals surface area contributed by atoms with Gasteiger partial charge in [-0.2, -0.15) is 10.1 Å². The average molecular weight is 397 g/mol. The van der Waals surface area contributed by atoms with E-state index in [1.54, 1.807) is 6.07 Å². The molecule has 0 spiro atoms. The van der Waals surface area contributed by atoms with Crippen LogP contribution in [-0.4, -0.2) is 38.6 Å². The van der Waals surface area contributed by atoms with E-state index in [2.05, 4.69) is 49.7 Å². The van der Waals surface area contributed by atoms with Crippen LogP contribution in [0.1, 0.15) is 18.1 Å². The number of halogens is 1. The largest absolute Gasteiger partial charge is 0.504 e. The van der Waals surface area contributed by atoms with E-state index in [-0.39, 0.29) is 17.4 Å². The van der Waals surface area contributed by atoms with Crippen LogP contribution < -0.4 is 10.2 Å². The predicted octanol–water partition coefficient (Wildman–Crippen LogP) is 3.88. The molecule has 3 N–H and O–H groups in total. The van der Waals surface area contributed by atoms with Crippen molar-refractivity contribution < 1.29 is 9.84 Å². The lowest BCUT2D eigenvalue weighted by Crippen LogP contribution is -1.99. The van der Waals surface area contributed by atoms with Crippen molar-refractivity contribution in [3.05, 3.63) is 46.5 Å². The van der Waals surface area contributed by atoms with Crippen molar-refractivity contribution in [2.75, 3.05) is 12.5 Å². The number of nitrogens with one attached hydrogen (secondary N) is 2. The smallest absolute Gasteiger partial charge is 0.265 e. The van der Waals surface area contributed by atoms with E-state index in [1.165, 1.54) is 25.0 Å². The second kappa shape index (κ2) is 7.32. The van der Waals surface area contributed by atoms with Gasteiger partial charge in [-0.15, -0.1) is 10.2 Å². The molecule has 0 amide bonds. The molecule has 4 aromatic rings. The fourth-order valence-electron chi connectivity index (χ4n) is 2.89. The van der Waals surface area contributed by atoms with Gasteiger partial charge in [0.15, 0.2) is 17.1 Å². The van der Waals surface area contributed by atoms with Crippen molar-refractivity contribution in [3.8, 4) is 11.5 Å². The standard InChI is InChI=1S/C19H17ClN6O2/c1-3-10-4-5-14-13(6-10)16-18(22-14)23-19(26-24-16)25-21-9-11-7-12(20)8-15(28-2)17(11)27/h4-9,27H,3H2,1-2H3,(H2,22,23,25,26)/b21-9+. The molecule has 0 atom stereocenters. The Kier molecular flexibility index (Phi) is 4.70. The van der Waals surface area contributed by atoms with Gasteiger partial charge in [-0.3, -0.25) is 0 Å². The van der Waals surface area contributed by atoms with Crippen LogP contribution in [0, 0.1) is 0 Å². The summed E-state index contributed by atoms with van der Waals surface area (Å²) >= 11 is 6.01. The molecule has 2 aromatic carbocycles. The molecular formula is C19H17ClN6O2. The Hall–Kier alpha value is -3.39. The average Bonchev–Trinajstić information content (AvgIpc) is 3.07. The number of aromatic amines is 1. The highest BCUT2D eigenvalue weighted by molar-refractivity contribution is 6.31. The van der Waals surface area contributed by atoms with E-state index >= 15 is 0 Å². The molecule has 0 saturated carbocycles. The van der Waals surface area contributed by atoms with Crippen LogP contribution in [-0.2, 0) is 6.42 Å². The van der Waals surface area contributed by atoms with Crippen LogP contribution >= 0.6 is 11.6 Å². The number of hydrogen-bond donors (Lipinski definition) is 3. The number of aryl methyl sites for hydroxylation is 1. The van der Waals surface area contributed by atoms with Gasteiger partial charge < -0.3 is 14.8 Å². The Morgan fingerprint density at radius 3 is 2.93 bits per heavy atom. The van der Waals surface area contributed by atoms with Gasteiger partial charge in [0.25, 0.3) is 5.95 Å². The third-order valence-corrected chi connectivity index (χ3v) is 4.56. The van der Waals surface area contributed by atoms with Crippen molar-refractivity contribution >= 4 is 45.8 Å². The summed E-state index contributed by atoms with van der Waals surface area (Å²) in [6, 6.07) is 9.25. The van der Waals surface area contributed by atoms with Gasteiger partial charge in [-0.1, -0.05) is 24.6 Å². The van der Waals surface area contributed by atoms with E-state index in [1.807, 2.05) is 6.07 Å². The Labute approximate surface area is 165 Å². The number of benzene rings is 2. The highest BCUT2D eigenvalue weighted by atomic mass is 35.5. The minimum Gasteiger partial charge on any atom is -0.504 e. The van der Waals surface area contributed by atoms with E-state index in [0.29, 0.717) is 21.7 Å². The first-order valence-electron chi connectivity index (χ1n) is 8.59. The lowest BCUT2D eigenvalue weighted by atomic mass is 10.1. The van der Waals surface area contributed by atoms with Gasteiger partial charge in [-0.05, 0) is 30.2 Å². The predicted molar refractivity (Wildman–Crippen MR) is 109 cm³/mol. The van der Waals surface area contributed by atoms with Crippen molar-refractivity contribution in [2.24, 2.45) is 5.10 Å². The highest BCUT2D eigenvalue weighted by Gasteiger charge is 2.10. The maximum atomic E-state index is 10.1. The number of aromatic hydroxyl groups is 1. The summed E-state index contributed by atoms with van der Waals surface area (Å²) in [4.78, 5) is 7.64. The number of phenolic OH excluding ortho intramolecular Hbond substituents is 1. The van der Waals surface area contributed by atoms with Crippen molar-refractivity contribution in [3.63, 3.8) is 0 Å². The molecule has 142 valence electrons. The van der Waals surface area contributed by atoms with E-state index < -0.39 is 0 Å². The molecule has 0 fully saturated rings. The number of hydrazone groups is 1. The lowest BCUT2D eigenvalue weighted by molar-refractivity contribution is 0.373. The molecule has 0 aliphatic heterocycles. The van der Waals surface area contributed by atoms with Gasteiger partial charge >= 0.3 is 0 Å². The number of fused-ring (bicyclic) bond motifs is 3. The van der Waals surface area contributed by atoms with Crippen LogP contribution in [0.5, 0.6) is 11.5 Å². The fraction of sp³-hybridized carbons (Fsp3) is 0.158. The lowest BCUT2D eigenvalue weighted by Gasteiger charge is -2.06. The summed E-state index contributed by atoms with van der Waals surface area (Å²) in [6.45, 7) is 2.10. The maximum Gasteiger partial charge on any atom is 0.265 e. The van der Waals surface area contributed by atoms with Gasteiger partial charge in [0.2, 0.25) is 0 Å². The first-order chi connectivity index (χ1) is 13.6. The number of anilines is 1. The number of aromatic nitrogens is 4. The monoisotopic (exact) mass is 396 g/mol. The minimum absolute atomic E-state index is 0.0608. The number of methoxy groups -OCH3 is 1. The Bertz CT molecular complexity index is 1200. The molecule has 8 nitrogen and oxygen atoms in total. The number of H-pyrrole nitrogens is 1. The summed E-state index contributed by atoms with van der Waals surface area (Å²) < 4.78 is 5.07. The number of nitrogens with zero attached hydrogens (tertiary/aromatic N) is 4. The summed E-state index contributed by atoms with van der Waals surface area (Å²) in [6.07, 6.45) is 2.34. The molecule has 0 bridgehead atoms. The zero-order chi connectivity index (χ0) is 19.7. The van der Waals surface area contributed by atoms with Crippen LogP contribution in [0.4, 0.5) is 5.95 Å². The molecule has 2 heterocycles. The number of ether oxygens (including phenoxy) is 1. The third-order valence-electron chi connectivity index (χ3n) is 4.34. The first-order valence-corrected chi connectivity index (χ1v) is 8.97. The van der Waals surface area contributed by atoms with Crippen LogP contribution in [0.3, 0.4) is 0 Å². The molecule has 9 heteroatoms. The summed E-state index contributed by atoms with van der Waals surface area (Å²) in [7, 11) is 1.45. The SMILES string of the molecule is CCc1ccc2[nH]c3nc(N/N=C/c4cc(Cl)cc(OC)c4O)nnc3c2c1. The number of rotatable bonds is 5. The van der Waals surface area contributed by atoms with Crippen LogP contribution in [0.25, 0.3) is 22.1 Å². The normalized spacial score (nSPS) is 11.5. The fourth-order valence-corrected chi connectivity index (χ4v) is 3.11. The van der Waals surface area contributed by atoms with E-state index in [4.69, 9.17) is 16.3 Å². The molecule has 0 saturated heterocycles. The molecule has 0 unspecified atom stereocenters. The molecule has 0 aliphatic rings. The first kappa shape index (κ1) is 18.0. The van der Waals surface area contributed by atoms with E-state index in [9.17, 15) is 5.11 Å². The second-order valence-electron chi connectivity index (χ2n) is 6.11. The number of phenols is 1. The zero-order valence-corrected chi connectivity index (χ0v) is 15.9. The summed E-state index contributed by atoms with van der Waals surface area (Å²) in [5.41, 5.74) is 6.59. The molecular weight excluding hydrogens is 380 g/mol. The third kappa shape index (κ3) is 3.29. The van der Waals surface area contributed by atoms with Crippen molar-refractivity contribution in [2.45, 2.75) is 13.3 Å². The molecule has 2 aromatic heterocycles. The maximum absolute atomic E-state index is 10.1. The van der Waals surface area contributed by atoms with Gasteiger partial charge in [-0.25, -0.2) is 5.43 Å². The van der Waals surface area contributed by atoms with Crippen LogP contribution in [0.15, 0.2) is 35.4 Å². The number of hydrogen-bond acceptors (Lipinski definition) is 7. The van der Waals surface area contributed by atoms with Gasteiger partial charge in [0, 0.05) is 27.6 Å². The summed E-state index contributed by atoms with van der Waals surface area (Å²) in [5.74, 6) is 0.423.